The number of furan rings is 1. The summed E-state index contributed by atoms with van der Waals surface area (Å²) in [5.74, 6) is -0.0784. The molecule has 10 aromatic rings. The Morgan fingerprint density at radius 3 is 1.51 bits per heavy atom. The molecular weight excluding hydrogens is 689 g/mol. The molecule has 0 aliphatic heterocycles. The number of fused-ring (bicyclic) bond motifs is 6. The smallest absolute Gasteiger partial charge is 0.139 e. The molecule has 0 saturated heterocycles. The van der Waals surface area contributed by atoms with E-state index in [4.69, 9.17) is 4.42 Å². The van der Waals surface area contributed by atoms with Gasteiger partial charge < -0.3 is 4.42 Å². The standard InChI is InChI=1S/C56H38O/c1-5-18-38(19-6-1)41-34-42(39-20-7-2-8-21-39)36-43(35-41)54(40-22-9-3-10-23-40)49-29-17-28-48-50-37-45(32-33-53(50)57-55(48)49)56(44-24-11-4-12-25-44)51-30-15-13-26-46(51)47-27-14-16-31-52(47)56/h1-37,54H. The maximum atomic E-state index is 7.03. The lowest BCUT2D eigenvalue weighted by molar-refractivity contribution is 0.660. The third-order valence-electron chi connectivity index (χ3n) is 12.1. The minimum Gasteiger partial charge on any atom is -0.456 e. The molecule has 1 nitrogen and oxygen atoms in total. The van der Waals surface area contributed by atoms with E-state index < -0.39 is 5.41 Å². The molecule has 0 N–H and O–H groups in total. The average Bonchev–Trinajstić information content (AvgIpc) is 3.82. The lowest BCUT2D eigenvalue weighted by atomic mass is 9.67. The zero-order chi connectivity index (χ0) is 37.8. The fourth-order valence-corrected chi connectivity index (χ4v) is 9.60. The Labute approximate surface area is 333 Å². The van der Waals surface area contributed by atoms with Crippen molar-refractivity contribution >= 4 is 21.9 Å². The first-order chi connectivity index (χ1) is 28.3. The molecule has 1 aliphatic rings. The molecule has 1 heteroatoms. The van der Waals surface area contributed by atoms with Gasteiger partial charge in [-0.05, 0) is 85.0 Å². The fraction of sp³-hybridized carbons (Fsp3) is 0.0357. The van der Waals surface area contributed by atoms with Crippen molar-refractivity contribution in [2.75, 3.05) is 0 Å². The van der Waals surface area contributed by atoms with Gasteiger partial charge in [0, 0.05) is 22.3 Å². The number of hydrogen-bond acceptors (Lipinski definition) is 1. The second-order valence-corrected chi connectivity index (χ2v) is 15.2. The van der Waals surface area contributed by atoms with Crippen LogP contribution in [0, 0.1) is 0 Å². The van der Waals surface area contributed by atoms with E-state index in [0.717, 1.165) is 27.5 Å². The van der Waals surface area contributed by atoms with E-state index in [0.29, 0.717) is 0 Å². The maximum absolute atomic E-state index is 7.03. The third-order valence-corrected chi connectivity index (χ3v) is 12.1. The molecule has 0 radical (unpaired) electrons. The Bertz CT molecular complexity index is 2950. The zero-order valence-electron chi connectivity index (χ0n) is 31.3. The van der Waals surface area contributed by atoms with Gasteiger partial charge in [0.05, 0.1) is 5.41 Å². The number of benzene rings is 9. The molecule has 9 aromatic carbocycles. The van der Waals surface area contributed by atoms with Crippen LogP contribution in [0.3, 0.4) is 0 Å². The van der Waals surface area contributed by atoms with Crippen LogP contribution in [0.25, 0.3) is 55.3 Å². The Kier molecular flexibility index (Phi) is 7.86. The first-order valence-corrected chi connectivity index (χ1v) is 19.8. The summed E-state index contributed by atoms with van der Waals surface area (Å²) >= 11 is 0. The Morgan fingerprint density at radius 1 is 0.351 bits per heavy atom. The van der Waals surface area contributed by atoms with E-state index in [1.165, 1.54) is 66.8 Å². The van der Waals surface area contributed by atoms with Crippen LogP contribution in [0.4, 0.5) is 0 Å². The highest BCUT2D eigenvalue weighted by Gasteiger charge is 2.46. The molecule has 0 fully saturated rings. The van der Waals surface area contributed by atoms with Crippen LogP contribution in [-0.4, -0.2) is 0 Å². The van der Waals surface area contributed by atoms with E-state index >= 15 is 0 Å². The lowest BCUT2D eigenvalue weighted by Gasteiger charge is -2.33. The second-order valence-electron chi connectivity index (χ2n) is 15.2. The summed E-state index contributed by atoms with van der Waals surface area (Å²) in [7, 11) is 0. The molecule has 1 atom stereocenters. The molecule has 1 unspecified atom stereocenters. The van der Waals surface area contributed by atoms with E-state index in [1.807, 2.05) is 0 Å². The monoisotopic (exact) mass is 726 g/mol. The van der Waals surface area contributed by atoms with Crippen LogP contribution in [0.15, 0.2) is 229 Å². The molecule has 0 saturated carbocycles. The van der Waals surface area contributed by atoms with Crippen molar-refractivity contribution in [3.05, 3.63) is 263 Å². The maximum Gasteiger partial charge on any atom is 0.139 e. The van der Waals surface area contributed by atoms with Crippen molar-refractivity contribution < 1.29 is 4.42 Å². The van der Waals surface area contributed by atoms with E-state index in [2.05, 4.69) is 224 Å². The normalized spacial score (nSPS) is 13.3. The van der Waals surface area contributed by atoms with Gasteiger partial charge in [0.15, 0.2) is 0 Å². The Balaban J connectivity index is 1.15. The molecule has 0 bridgehead atoms. The van der Waals surface area contributed by atoms with Crippen molar-refractivity contribution in [2.24, 2.45) is 0 Å². The van der Waals surface area contributed by atoms with Crippen LogP contribution in [0.5, 0.6) is 0 Å². The van der Waals surface area contributed by atoms with Gasteiger partial charge in [-0.15, -0.1) is 0 Å². The molecule has 1 heterocycles. The first kappa shape index (κ1) is 33.1. The minimum absolute atomic E-state index is 0.0784. The molecular formula is C56H38O. The summed E-state index contributed by atoms with van der Waals surface area (Å²) in [6.45, 7) is 0. The fourth-order valence-electron chi connectivity index (χ4n) is 9.60. The van der Waals surface area contributed by atoms with Gasteiger partial charge >= 0.3 is 0 Å². The van der Waals surface area contributed by atoms with Gasteiger partial charge in [0.2, 0.25) is 0 Å². The molecule has 1 aliphatic carbocycles. The van der Waals surface area contributed by atoms with Crippen LogP contribution in [0.2, 0.25) is 0 Å². The van der Waals surface area contributed by atoms with Crippen LogP contribution in [-0.2, 0) is 5.41 Å². The average molecular weight is 727 g/mol. The Morgan fingerprint density at radius 2 is 0.895 bits per heavy atom. The predicted octanol–water partition coefficient (Wildman–Crippen LogP) is 14.5. The van der Waals surface area contributed by atoms with Crippen molar-refractivity contribution in [3.8, 4) is 33.4 Å². The van der Waals surface area contributed by atoms with Crippen molar-refractivity contribution in [2.45, 2.75) is 11.3 Å². The van der Waals surface area contributed by atoms with E-state index in [-0.39, 0.29) is 5.92 Å². The zero-order valence-corrected chi connectivity index (χ0v) is 31.3. The van der Waals surface area contributed by atoms with E-state index in [1.54, 1.807) is 0 Å². The molecule has 268 valence electrons. The highest BCUT2D eigenvalue weighted by molar-refractivity contribution is 6.07. The summed E-state index contributed by atoms with van der Waals surface area (Å²) in [6.07, 6.45) is 0. The predicted molar refractivity (Wildman–Crippen MR) is 236 cm³/mol. The summed E-state index contributed by atoms with van der Waals surface area (Å²) in [5.41, 5.74) is 17.4. The summed E-state index contributed by atoms with van der Waals surface area (Å²) in [6, 6.07) is 81.9. The number of hydrogen-bond donors (Lipinski definition) is 0. The first-order valence-electron chi connectivity index (χ1n) is 19.8. The molecule has 0 spiro atoms. The quantitative estimate of drug-likeness (QED) is 0.149. The highest BCUT2D eigenvalue weighted by Crippen LogP contribution is 2.56. The third kappa shape index (κ3) is 5.31. The molecule has 1 aromatic heterocycles. The highest BCUT2D eigenvalue weighted by atomic mass is 16.3. The van der Waals surface area contributed by atoms with Gasteiger partial charge in [-0.25, -0.2) is 0 Å². The van der Waals surface area contributed by atoms with Crippen LogP contribution < -0.4 is 0 Å². The van der Waals surface area contributed by atoms with Gasteiger partial charge in [-0.3, -0.25) is 0 Å². The van der Waals surface area contributed by atoms with Crippen molar-refractivity contribution in [1.29, 1.82) is 0 Å². The van der Waals surface area contributed by atoms with Gasteiger partial charge in [0.1, 0.15) is 11.2 Å². The largest absolute Gasteiger partial charge is 0.456 e. The lowest BCUT2D eigenvalue weighted by Crippen LogP contribution is -2.28. The second kappa shape index (κ2) is 13.5. The van der Waals surface area contributed by atoms with Crippen LogP contribution >= 0.6 is 0 Å². The molecule has 11 rings (SSSR count). The summed E-state index contributed by atoms with van der Waals surface area (Å²) < 4.78 is 7.03. The van der Waals surface area contributed by atoms with Crippen molar-refractivity contribution in [3.63, 3.8) is 0 Å². The van der Waals surface area contributed by atoms with Gasteiger partial charge in [-0.1, -0.05) is 206 Å². The van der Waals surface area contributed by atoms with E-state index in [9.17, 15) is 0 Å². The van der Waals surface area contributed by atoms with Crippen molar-refractivity contribution in [1.82, 2.24) is 0 Å². The summed E-state index contributed by atoms with van der Waals surface area (Å²) in [5, 5.41) is 2.24. The van der Waals surface area contributed by atoms with Gasteiger partial charge in [0.25, 0.3) is 0 Å². The number of rotatable bonds is 7. The topological polar surface area (TPSA) is 13.1 Å². The number of para-hydroxylation sites is 1. The molecule has 57 heavy (non-hydrogen) atoms. The Hall–Kier alpha value is -7.22. The SMILES string of the molecule is c1ccc(-c2cc(-c3ccccc3)cc(C(c3ccccc3)c3cccc4c3oc3ccc(C5(c6ccccc6)c6ccccc6-c6ccccc65)cc34)c2)cc1. The van der Waals surface area contributed by atoms with Crippen LogP contribution in [0.1, 0.15) is 44.9 Å². The minimum atomic E-state index is -0.484. The van der Waals surface area contributed by atoms with Gasteiger partial charge in [-0.2, -0.15) is 0 Å². The summed E-state index contributed by atoms with van der Waals surface area (Å²) in [4.78, 5) is 0. The molecule has 0 amide bonds.